The minimum atomic E-state index is 0.152. The van der Waals surface area contributed by atoms with Crippen molar-refractivity contribution in [2.45, 2.75) is 37.1 Å². The van der Waals surface area contributed by atoms with Crippen LogP contribution in [0.4, 0.5) is 0 Å². The molecule has 1 N–H and O–H groups in total. The molecule has 0 aliphatic carbocycles. The van der Waals surface area contributed by atoms with Crippen molar-refractivity contribution < 1.29 is 9.53 Å². The summed E-state index contributed by atoms with van der Waals surface area (Å²) in [5.74, 6) is 1.58. The highest BCUT2D eigenvalue weighted by Crippen LogP contribution is 2.29. The van der Waals surface area contributed by atoms with Crippen molar-refractivity contribution in [3.05, 3.63) is 24.3 Å². The fourth-order valence-electron chi connectivity index (χ4n) is 3.31. The second kappa shape index (κ2) is 10.4. The van der Waals surface area contributed by atoms with Gasteiger partial charge in [0.1, 0.15) is 0 Å². The summed E-state index contributed by atoms with van der Waals surface area (Å²) in [4.78, 5) is 19.3. The maximum atomic E-state index is 12.2. The summed E-state index contributed by atoms with van der Waals surface area (Å²) in [6.45, 7) is 8.67. The van der Waals surface area contributed by atoms with Crippen LogP contribution >= 0.6 is 23.1 Å². The summed E-state index contributed by atoms with van der Waals surface area (Å²) < 4.78 is 7.75. The van der Waals surface area contributed by atoms with Crippen LogP contribution in [0.2, 0.25) is 0 Å². The van der Waals surface area contributed by atoms with E-state index in [4.69, 9.17) is 4.74 Å². The van der Waals surface area contributed by atoms with Gasteiger partial charge in [0.15, 0.2) is 4.34 Å². The number of aromatic nitrogens is 1. The lowest BCUT2D eigenvalue weighted by Crippen LogP contribution is -2.51. The van der Waals surface area contributed by atoms with Gasteiger partial charge in [-0.1, -0.05) is 37.7 Å². The third kappa shape index (κ3) is 6.17. The number of thioether (sulfide) groups is 1. The van der Waals surface area contributed by atoms with Gasteiger partial charge in [0, 0.05) is 37.8 Å². The van der Waals surface area contributed by atoms with Crippen LogP contribution in [0.1, 0.15) is 26.7 Å². The molecule has 1 saturated heterocycles. The number of ether oxygens (including phenoxy) is 1. The summed E-state index contributed by atoms with van der Waals surface area (Å²) in [6.07, 6.45) is 1.45. The van der Waals surface area contributed by atoms with E-state index in [0.717, 1.165) is 54.9 Å². The minimum Gasteiger partial charge on any atom is -0.379 e. The zero-order valence-corrected chi connectivity index (χ0v) is 17.8. The number of hydrogen-bond acceptors (Lipinski definition) is 6. The number of carbonyl (C=O) groups excluding carboxylic acids is 1. The first-order valence-corrected chi connectivity index (χ1v) is 11.5. The third-order valence-corrected chi connectivity index (χ3v) is 7.11. The number of benzene rings is 1. The average molecular weight is 408 g/mol. The highest BCUT2D eigenvalue weighted by molar-refractivity contribution is 8.01. The number of morpholine rings is 1. The van der Waals surface area contributed by atoms with E-state index >= 15 is 0 Å². The number of nitrogens with one attached hydrogen (secondary N) is 1. The number of carbonyl (C=O) groups is 1. The standard InChI is InChI=1S/C20H29N3O2S2/c1-15(2)17(23-9-11-25-12-10-23)14-21-19(24)8-5-13-26-20-22-16-6-3-4-7-18(16)27-20/h3-4,6-7,15,17H,5,8-14H2,1-2H3,(H,21,24). The molecule has 1 atom stereocenters. The molecule has 1 aliphatic rings. The van der Waals surface area contributed by atoms with Gasteiger partial charge in [-0.25, -0.2) is 4.98 Å². The quantitative estimate of drug-likeness (QED) is 0.508. The van der Waals surface area contributed by atoms with Gasteiger partial charge in [0.2, 0.25) is 5.91 Å². The first-order chi connectivity index (χ1) is 13.1. The lowest BCUT2D eigenvalue weighted by molar-refractivity contribution is -0.121. The molecular formula is C20H29N3O2S2. The topological polar surface area (TPSA) is 54.5 Å². The highest BCUT2D eigenvalue weighted by atomic mass is 32.2. The molecule has 1 aromatic heterocycles. The number of thiazole rings is 1. The summed E-state index contributed by atoms with van der Waals surface area (Å²) in [5.41, 5.74) is 1.06. The third-order valence-electron chi connectivity index (χ3n) is 4.84. The Hall–Kier alpha value is -1.15. The van der Waals surface area contributed by atoms with Crippen molar-refractivity contribution in [2.24, 2.45) is 5.92 Å². The van der Waals surface area contributed by atoms with E-state index in [-0.39, 0.29) is 5.91 Å². The molecule has 1 amide bonds. The fourth-order valence-corrected chi connectivity index (χ4v) is 5.39. The first kappa shape index (κ1) is 20.6. The minimum absolute atomic E-state index is 0.152. The van der Waals surface area contributed by atoms with Crippen LogP contribution < -0.4 is 5.32 Å². The molecule has 1 aromatic carbocycles. The Morgan fingerprint density at radius 1 is 1.33 bits per heavy atom. The van der Waals surface area contributed by atoms with Crippen LogP contribution in [-0.2, 0) is 9.53 Å². The number of rotatable bonds is 9. The Kier molecular flexibility index (Phi) is 7.93. The number of nitrogens with zero attached hydrogens (tertiary/aromatic N) is 2. The SMILES string of the molecule is CC(C)C(CNC(=O)CCCSc1nc2ccccc2s1)N1CCOCC1. The first-order valence-electron chi connectivity index (χ1n) is 9.70. The zero-order chi connectivity index (χ0) is 19.1. The summed E-state index contributed by atoms with van der Waals surface area (Å²) in [5, 5.41) is 3.14. The lowest BCUT2D eigenvalue weighted by atomic mass is 10.0. The number of amides is 1. The molecule has 2 heterocycles. The van der Waals surface area contributed by atoms with Crippen LogP contribution in [0.25, 0.3) is 10.2 Å². The van der Waals surface area contributed by atoms with Gasteiger partial charge in [-0.2, -0.15) is 0 Å². The molecule has 7 heteroatoms. The van der Waals surface area contributed by atoms with Gasteiger partial charge in [-0.15, -0.1) is 11.3 Å². The van der Waals surface area contributed by atoms with Crippen LogP contribution in [0.5, 0.6) is 0 Å². The molecule has 0 radical (unpaired) electrons. The molecule has 27 heavy (non-hydrogen) atoms. The van der Waals surface area contributed by atoms with Crippen molar-refractivity contribution in [3.63, 3.8) is 0 Å². The Morgan fingerprint density at radius 3 is 2.85 bits per heavy atom. The number of fused-ring (bicyclic) bond motifs is 1. The van der Waals surface area contributed by atoms with E-state index < -0.39 is 0 Å². The highest BCUT2D eigenvalue weighted by Gasteiger charge is 2.24. The van der Waals surface area contributed by atoms with Crippen molar-refractivity contribution in [1.82, 2.24) is 15.2 Å². The Morgan fingerprint density at radius 2 is 2.11 bits per heavy atom. The van der Waals surface area contributed by atoms with E-state index in [1.54, 1.807) is 23.1 Å². The van der Waals surface area contributed by atoms with Crippen molar-refractivity contribution in [1.29, 1.82) is 0 Å². The molecule has 1 unspecified atom stereocenters. The van der Waals surface area contributed by atoms with E-state index in [2.05, 4.69) is 35.1 Å². The van der Waals surface area contributed by atoms with Gasteiger partial charge in [-0.3, -0.25) is 9.69 Å². The van der Waals surface area contributed by atoms with Gasteiger partial charge in [0.05, 0.1) is 23.4 Å². The summed E-state index contributed by atoms with van der Waals surface area (Å²) in [7, 11) is 0. The molecule has 0 spiro atoms. The smallest absolute Gasteiger partial charge is 0.220 e. The monoisotopic (exact) mass is 407 g/mol. The van der Waals surface area contributed by atoms with Crippen LogP contribution in [0.3, 0.4) is 0 Å². The second-order valence-corrected chi connectivity index (χ2v) is 9.54. The molecule has 5 nitrogen and oxygen atoms in total. The molecule has 2 aromatic rings. The molecule has 3 rings (SSSR count). The van der Waals surface area contributed by atoms with Crippen LogP contribution in [-0.4, -0.2) is 60.4 Å². The van der Waals surface area contributed by atoms with E-state index in [0.29, 0.717) is 18.4 Å². The van der Waals surface area contributed by atoms with Crippen molar-refractivity contribution >= 4 is 39.2 Å². The molecule has 148 valence electrons. The lowest BCUT2D eigenvalue weighted by Gasteiger charge is -2.36. The molecule has 1 aliphatic heterocycles. The Balaban J connectivity index is 1.36. The zero-order valence-electron chi connectivity index (χ0n) is 16.1. The fraction of sp³-hybridized carbons (Fsp3) is 0.600. The predicted octanol–water partition coefficient (Wildman–Crippen LogP) is 3.64. The maximum Gasteiger partial charge on any atom is 0.220 e. The van der Waals surface area contributed by atoms with Gasteiger partial charge < -0.3 is 10.1 Å². The van der Waals surface area contributed by atoms with Gasteiger partial charge >= 0.3 is 0 Å². The second-order valence-electron chi connectivity index (χ2n) is 7.16. The predicted molar refractivity (Wildman–Crippen MR) is 114 cm³/mol. The van der Waals surface area contributed by atoms with Gasteiger partial charge in [0.25, 0.3) is 0 Å². The largest absolute Gasteiger partial charge is 0.379 e. The van der Waals surface area contributed by atoms with E-state index in [1.807, 2.05) is 18.2 Å². The molecule has 0 bridgehead atoms. The normalized spacial score (nSPS) is 16.7. The van der Waals surface area contributed by atoms with E-state index in [9.17, 15) is 4.79 Å². The summed E-state index contributed by atoms with van der Waals surface area (Å²) >= 11 is 3.47. The Bertz CT molecular complexity index is 696. The molecular weight excluding hydrogens is 378 g/mol. The maximum absolute atomic E-state index is 12.2. The Labute approximate surface area is 169 Å². The van der Waals surface area contributed by atoms with Crippen LogP contribution in [0, 0.1) is 5.92 Å². The van der Waals surface area contributed by atoms with Crippen LogP contribution in [0.15, 0.2) is 28.6 Å². The van der Waals surface area contributed by atoms with Gasteiger partial charge in [-0.05, 0) is 24.5 Å². The average Bonchev–Trinajstić information content (AvgIpc) is 3.09. The number of para-hydroxylation sites is 1. The van der Waals surface area contributed by atoms with E-state index in [1.165, 1.54) is 4.70 Å². The van der Waals surface area contributed by atoms with Crippen molar-refractivity contribution in [3.8, 4) is 0 Å². The molecule has 1 fully saturated rings. The summed E-state index contributed by atoms with van der Waals surface area (Å²) in [6, 6.07) is 8.59. The molecule has 0 saturated carbocycles. The van der Waals surface area contributed by atoms with Crippen molar-refractivity contribution in [2.75, 3.05) is 38.6 Å². The number of hydrogen-bond donors (Lipinski definition) is 1.